The van der Waals surface area contributed by atoms with Crippen molar-refractivity contribution >= 4 is 31.5 Å². The summed E-state index contributed by atoms with van der Waals surface area (Å²) in [4.78, 5) is 0. The summed E-state index contributed by atoms with van der Waals surface area (Å²) >= 11 is 13.4. The van der Waals surface area contributed by atoms with Crippen molar-refractivity contribution in [3.05, 3.63) is 33.3 Å². The number of aryl methyl sites for hydroxylation is 1. The van der Waals surface area contributed by atoms with Crippen LogP contribution in [0.4, 0.5) is 0 Å². The van der Waals surface area contributed by atoms with Crippen molar-refractivity contribution in [1.29, 1.82) is 0 Å². The van der Waals surface area contributed by atoms with E-state index >= 15 is 0 Å². The maximum Gasteiger partial charge on any atom is 0.192 e. The number of rotatable bonds is 9. The van der Waals surface area contributed by atoms with Crippen LogP contribution >= 0.6 is 23.2 Å². The van der Waals surface area contributed by atoms with Crippen molar-refractivity contribution in [1.82, 2.24) is 0 Å². The molecule has 0 radical (unpaired) electrons. The van der Waals surface area contributed by atoms with E-state index in [1.54, 1.807) is 0 Å². The molecule has 1 nitrogen and oxygen atoms in total. The molecule has 4 heteroatoms. The Hall–Kier alpha value is -0.0231. The number of hydrogen-bond donors (Lipinski definition) is 0. The van der Waals surface area contributed by atoms with E-state index < -0.39 is 8.32 Å². The zero-order chi connectivity index (χ0) is 20.9. The first-order valence-electron chi connectivity index (χ1n) is 11.3. The van der Waals surface area contributed by atoms with Gasteiger partial charge in [0.05, 0.1) is 6.10 Å². The maximum atomic E-state index is 6.98. The molecule has 1 fully saturated rings. The smallest absolute Gasteiger partial charge is 0.192 e. The second-order valence-corrected chi connectivity index (χ2v) is 15.2. The Balaban J connectivity index is 2.22. The van der Waals surface area contributed by atoms with Gasteiger partial charge in [-0.05, 0) is 92.6 Å². The fourth-order valence-electron chi connectivity index (χ4n) is 4.72. The predicted octanol–water partition coefficient (Wildman–Crippen LogP) is 9.36. The molecule has 0 heterocycles. The highest BCUT2D eigenvalue weighted by Crippen LogP contribution is 2.43. The van der Waals surface area contributed by atoms with E-state index in [4.69, 9.17) is 27.6 Å². The van der Waals surface area contributed by atoms with Gasteiger partial charge in [0.15, 0.2) is 8.32 Å². The first kappa shape index (κ1) is 24.2. The van der Waals surface area contributed by atoms with Gasteiger partial charge in [-0.15, -0.1) is 0 Å². The molecule has 28 heavy (non-hydrogen) atoms. The minimum absolute atomic E-state index is 0.0297. The Kier molecular flexibility index (Phi) is 8.95. The fraction of sp³-hybridized carbons (Fsp3) is 0.750. The van der Waals surface area contributed by atoms with Crippen LogP contribution in [0.15, 0.2) is 12.1 Å². The summed E-state index contributed by atoms with van der Waals surface area (Å²) < 4.78 is 6.98. The van der Waals surface area contributed by atoms with Crippen molar-refractivity contribution in [2.45, 2.75) is 104 Å². The Morgan fingerprint density at radius 1 is 1.04 bits per heavy atom. The summed E-state index contributed by atoms with van der Waals surface area (Å²) in [7, 11) is -1.75. The van der Waals surface area contributed by atoms with Gasteiger partial charge in [-0.2, -0.15) is 0 Å². The summed E-state index contributed by atoms with van der Waals surface area (Å²) in [6.45, 7) is 13.7. The molecular formula is C24H40Cl2OSi. The summed E-state index contributed by atoms with van der Waals surface area (Å²) in [5.74, 6) is 0.808. The molecule has 0 bridgehead atoms. The fourth-order valence-corrected chi connectivity index (χ4v) is 8.40. The SMILES string of the molecule is CC[Si](CC)(CC)OC(CCC1CCC(C)(C)CC1)c1c(Cl)cc(C)cc1Cl. The summed E-state index contributed by atoms with van der Waals surface area (Å²) in [6, 6.07) is 7.52. The average molecular weight is 444 g/mol. The van der Waals surface area contributed by atoms with Crippen LogP contribution in [-0.4, -0.2) is 8.32 Å². The van der Waals surface area contributed by atoms with E-state index in [9.17, 15) is 0 Å². The second kappa shape index (κ2) is 10.3. The highest BCUT2D eigenvalue weighted by Gasteiger charge is 2.35. The van der Waals surface area contributed by atoms with Crippen LogP contribution < -0.4 is 0 Å². The molecule has 1 aliphatic rings. The molecule has 1 atom stereocenters. The van der Waals surface area contributed by atoms with Crippen LogP contribution in [-0.2, 0) is 4.43 Å². The lowest BCUT2D eigenvalue weighted by molar-refractivity contribution is 0.142. The van der Waals surface area contributed by atoms with Gasteiger partial charge >= 0.3 is 0 Å². The zero-order valence-electron chi connectivity index (χ0n) is 18.8. The van der Waals surface area contributed by atoms with E-state index in [0.717, 1.165) is 51.6 Å². The van der Waals surface area contributed by atoms with Crippen molar-refractivity contribution < 1.29 is 4.43 Å². The van der Waals surface area contributed by atoms with E-state index in [-0.39, 0.29) is 6.10 Å². The van der Waals surface area contributed by atoms with E-state index in [0.29, 0.717) is 5.41 Å². The Bertz CT molecular complexity index is 598. The molecule has 0 aromatic heterocycles. The molecule has 1 aliphatic carbocycles. The highest BCUT2D eigenvalue weighted by atomic mass is 35.5. The third-order valence-corrected chi connectivity index (χ3v) is 12.4. The van der Waals surface area contributed by atoms with Gasteiger partial charge in [0.1, 0.15) is 0 Å². The average Bonchev–Trinajstić information content (AvgIpc) is 2.64. The lowest BCUT2D eigenvalue weighted by Gasteiger charge is -2.37. The first-order valence-corrected chi connectivity index (χ1v) is 14.6. The normalized spacial score (nSPS) is 19.0. The minimum Gasteiger partial charge on any atom is -0.410 e. The molecule has 0 spiro atoms. The molecule has 160 valence electrons. The van der Waals surface area contributed by atoms with Crippen LogP contribution in [0.25, 0.3) is 0 Å². The zero-order valence-corrected chi connectivity index (χ0v) is 21.3. The number of hydrogen-bond acceptors (Lipinski definition) is 1. The Morgan fingerprint density at radius 3 is 2.00 bits per heavy atom. The Morgan fingerprint density at radius 2 is 1.54 bits per heavy atom. The standard InChI is InChI=1S/C24H40Cl2OSi/c1-7-28(8-2,9-3)27-22(23-20(25)16-18(4)17-21(23)26)11-10-19-12-14-24(5,6)15-13-19/h16-17,19,22H,7-15H2,1-6H3. The molecule has 1 aromatic rings. The topological polar surface area (TPSA) is 9.23 Å². The van der Waals surface area contributed by atoms with Crippen LogP contribution in [0, 0.1) is 18.3 Å². The maximum absolute atomic E-state index is 6.98. The lowest BCUT2D eigenvalue weighted by Crippen LogP contribution is -2.37. The van der Waals surface area contributed by atoms with Gasteiger partial charge in [0.25, 0.3) is 0 Å². The van der Waals surface area contributed by atoms with Crippen molar-refractivity contribution in [2.24, 2.45) is 11.3 Å². The third-order valence-electron chi connectivity index (χ3n) is 7.17. The van der Waals surface area contributed by atoms with E-state index in [1.807, 2.05) is 19.1 Å². The molecule has 2 rings (SSSR count). The third kappa shape index (κ3) is 6.24. The van der Waals surface area contributed by atoms with E-state index in [2.05, 4.69) is 34.6 Å². The Labute approximate surface area is 184 Å². The predicted molar refractivity (Wildman–Crippen MR) is 127 cm³/mol. The highest BCUT2D eigenvalue weighted by molar-refractivity contribution is 6.73. The summed E-state index contributed by atoms with van der Waals surface area (Å²) in [5, 5.41) is 1.54. The molecule has 1 unspecified atom stereocenters. The molecular weight excluding hydrogens is 403 g/mol. The molecule has 0 amide bonds. The van der Waals surface area contributed by atoms with Crippen LogP contribution in [0.1, 0.15) is 90.4 Å². The van der Waals surface area contributed by atoms with Gasteiger partial charge in [0.2, 0.25) is 0 Å². The van der Waals surface area contributed by atoms with E-state index in [1.165, 1.54) is 32.1 Å². The quantitative estimate of drug-likeness (QED) is 0.345. The molecule has 0 N–H and O–H groups in total. The van der Waals surface area contributed by atoms with Gasteiger partial charge in [-0.25, -0.2) is 0 Å². The van der Waals surface area contributed by atoms with Gasteiger partial charge in [0, 0.05) is 15.6 Å². The molecule has 0 saturated heterocycles. The van der Waals surface area contributed by atoms with Crippen LogP contribution in [0.2, 0.25) is 28.2 Å². The summed E-state index contributed by atoms with van der Waals surface area (Å²) in [6.07, 6.45) is 7.63. The monoisotopic (exact) mass is 442 g/mol. The second-order valence-electron chi connectivity index (χ2n) is 9.68. The van der Waals surface area contributed by atoms with Crippen molar-refractivity contribution in [3.63, 3.8) is 0 Å². The van der Waals surface area contributed by atoms with Crippen molar-refractivity contribution in [2.75, 3.05) is 0 Å². The minimum atomic E-state index is -1.75. The molecule has 0 aliphatic heterocycles. The number of halogens is 2. The first-order chi connectivity index (χ1) is 13.1. The van der Waals surface area contributed by atoms with Gasteiger partial charge in [-0.3, -0.25) is 0 Å². The number of benzene rings is 1. The summed E-state index contributed by atoms with van der Waals surface area (Å²) in [5.41, 5.74) is 2.65. The largest absolute Gasteiger partial charge is 0.410 e. The molecule has 1 aromatic carbocycles. The van der Waals surface area contributed by atoms with Crippen molar-refractivity contribution in [3.8, 4) is 0 Å². The van der Waals surface area contributed by atoms with Crippen LogP contribution in [0.3, 0.4) is 0 Å². The lowest BCUT2D eigenvalue weighted by atomic mass is 9.72. The van der Waals surface area contributed by atoms with Crippen LogP contribution in [0.5, 0.6) is 0 Å². The van der Waals surface area contributed by atoms with Gasteiger partial charge in [-0.1, -0.05) is 57.8 Å². The van der Waals surface area contributed by atoms with Gasteiger partial charge < -0.3 is 4.43 Å². The molecule has 1 saturated carbocycles.